The molecule has 1 aromatic rings. The maximum atomic E-state index is 11.4. The van der Waals surface area contributed by atoms with Gasteiger partial charge in [0.15, 0.2) is 0 Å². The molecule has 0 aliphatic carbocycles. The van der Waals surface area contributed by atoms with Crippen LogP contribution >= 0.6 is 0 Å². The third-order valence-corrected chi connectivity index (χ3v) is 8.88. The quantitative estimate of drug-likeness (QED) is 0.423. The summed E-state index contributed by atoms with van der Waals surface area (Å²) in [6.45, 7) is 10.9. The van der Waals surface area contributed by atoms with Gasteiger partial charge in [0.1, 0.15) is 12.0 Å². The standard InChI is InChI=1S/C18H28O4Si/c1-18(2,3)23(5,6)22-16-9-7-8-14(12-16)15(13-19)10-11-17(20)21-4/h7-9,12-13,15H,10-11H2,1-6H3/t15-/m0/s1. The molecule has 128 valence electrons. The van der Waals surface area contributed by atoms with E-state index in [4.69, 9.17) is 4.43 Å². The second kappa shape index (κ2) is 7.77. The summed E-state index contributed by atoms with van der Waals surface area (Å²) in [5.41, 5.74) is 0.875. The van der Waals surface area contributed by atoms with Crippen molar-refractivity contribution < 1.29 is 18.8 Å². The lowest BCUT2D eigenvalue weighted by Gasteiger charge is -2.36. The summed E-state index contributed by atoms with van der Waals surface area (Å²) in [4.78, 5) is 22.6. The molecule has 0 radical (unpaired) electrons. The topological polar surface area (TPSA) is 52.6 Å². The van der Waals surface area contributed by atoms with Gasteiger partial charge in [-0.1, -0.05) is 32.9 Å². The molecule has 0 aromatic heterocycles. The molecule has 1 atom stereocenters. The van der Waals surface area contributed by atoms with Gasteiger partial charge in [0.05, 0.1) is 7.11 Å². The van der Waals surface area contributed by atoms with Crippen molar-refractivity contribution in [3.8, 4) is 5.75 Å². The van der Waals surface area contributed by atoms with Crippen LogP contribution in [0.1, 0.15) is 45.1 Å². The fourth-order valence-corrected chi connectivity index (χ4v) is 2.97. The van der Waals surface area contributed by atoms with Gasteiger partial charge in [0, 0.05) is 12.3 Å². The number of hydrogen-bond donors (Lipinski definition) is 0. The summed E-state index contributed by atoms with van der Waals surface area (Å²) >= 11 is 0. The second-order valence-corrected chi connectivity index (χ2v) is 12.0. The molecule has 0 fully saturated rings. The number of aldehydes is 1. The fraction of sp³-hybridized carbons (Fsp3) is 0.556. The molecular formula is C18H28O4Si. The minimum Gasteiger partial charge on any atom is -0.543 e. The van der Waals surface area contributed by atoms with E-state index in [0.29, 0.717) is 6.42 Å². The van der Waals surface area contributed by atoms with Gasteiger partial charge in [-0.3, -0.25) is 4.79 Å². The molecule has 23 heavy (non-hydrogen) atoms. The minimum atomic E-state index is -1.92. The number of methoxy groups -OCH3 is 1. The Morgan fingerprint density at radius 2 is 1.96 bits per heavy atom. The van der Waals surface area contributed by atoms with Gasteiger partial charge in [-0.2, -0.15) is 0 Å². The number of ether oxygens (including phenoxy) is 1. The molecule has 0 saturated carbocycles. The van der Waals surface area contributed by atoms with Crippen molar-refractivity contribution in [3.05, 3.63) is 29.8 Å². The SMILES string of the molecule is COC(=O)CC[C@@H](C=O)c1cccc(O[Si](C)(C)C(C)(C)C)c1. The summed E-state index contributed by atoms with van der Waals surface area (Å²) in [6, 6.07) is 7.63. The average molecular weight is 337 g/mol. The van der Waals surface area contributed by atoms with Crippen LogP contribution < -0.4 is 4.43 Å². The fourth-order valence-electron chi connectivity index (χ4n) is 1.95. The Morgan fingerprint density at radius 3 is 2.48 bits per heavy atom. The van der Waals surface area contributed by atoms with Gasteiger partial charge < -0.3 is 14.0 Å². The van der Waals surface area contributed by atoms with E-state index in [9.17, 15) is 9.59 Å². The molecule has 0 unspecified atom stereocenters. The highest BCUT2D eigenvalue weighted by atomic mass is 28.4. The van der Waals surface area contributed by atoms with Crippen molar-refractivity contribution in [1.82, 2.24) is 0 Å². The van der Waals surface area contributed by atoms with Crippen LogP contribution in [-0.4, -0.2) is 27.7 Å². The third-order valence-electron chi connectivity index (χ3n) is 4.52. The first-order chi connectivity index (χ1) is 10.6. The van der Waals surface area contributed by atoms with Crippen molar-refractivity contribution in [2.75, 3.05) is 7.11 Å². The lowest BCUT2D eigenvalue weighted by molar-refractivity contribution is -0.140. The van der Waals surface area contributed by atoms with E-state index in [2.05, 4.69) is 38.6 Å². The van der Waals surface area contributed by atoms with Gasteiger partial charge in [-0.05, 0) is 42.2 Å². The Balaban J connectivity index is 2.90. The Labute approximate surface area is 140 Å². The summed E-state index contributed by atoms with van der Waals surface area (Å²) in [7, 11) is -0.565. The number of carbonyl (C=O) groups is 2. The van der Waals surface area contributed by atoms with E-state index in [0.717, 1.165) is 17.6 Å². The van der Waals surface area contributed by atoms with Crippen molar-refractivity contribution in [1.29, 1.82) is 0 Å². The lowest BCUT2D eigenvalue weighted by Crippen LogP contribution is -2.43. The molecular weight excluding hydrogens is 308 g/mol. The van der Waals surface area contributed by atoms with Crippen LogP contribution in [0.3, 0.4) is 0 Å². The first-order valence-electron chi connectivity index (χ1n) is 7.92. The van der Waals surface area contributed by atoms with Crippen LogP contribution in [0, 0.1) is 0 Å². The Hall–Kier alpha value is -1.62. The van der Waals surface area contributed by atoms with Gasteiger partial charge >= 0.3 is 5.97 Å². The van der Waals surface area contributed by atoms with Gasteiger partial charge in [-0.15, -0.1) is 0 Å². The maximum absolute atomic E-state index is 11.4. The summed E-state index contributed by atoms with van der Waals surface area (Å²) < 4.78 is 10.9. The predicted molar refractivity (Wildman–Crippen MR) is 94.3 cm³/mol. The van der Waals surface area contributed by atoms with Crippen molar-refractivity contribution in [3.63, 3.8) is 0 Å². The molecule has 0 saturated heterocycles. The molecule has 0 aliphatic heterocycles. The Bertz CT molecular complexity index is 546. The number of carbonyl (C=O) groups excluding carboxylic acids is 2. The predicted octanol–water partition coefficient (Wildman–Crippen LogP) is 4.31. The average Bonchev–Trinajstić information content (AvgIpc) is 2.46. The van der Waals surface area contributed by atoms with E-state index in [1.54, 1.807) is 0 Å². The third kappa shape index (κ3) is 5.50. The molecule has 0 amide bonds. The van der Waals surface area contributed by atoms with Crippen LogP contribution in [0.5, 0.6) is 5.75 Å². The zero-order valence-electron chi connectivity index (χ0n) is 15.0. The van der Waals surface area contributed by atoms with Crippen molar-refractivity contribution >= 4 is 20.6 Å². The highest BCUT2D eigenvalue weighted by Crippen LogP contribution is 2.37. The highest BCUT2D eigenvalue weighted by Gasteiger charge is 2.39. The van der Waals surface area contributed by atoms with E-state index in [1.165, 1.54) is 7.11 Å². The normalized spacial score (nSPS) is 13.3. The Kier molecular flexibility index (Phi) is 6.56. The van der Waals surface area contributed by atoms with Crippen LogP contribution in [0.4, 0.5) is 0 Å². The molecule has 0 heterocycles. The Morgan fingerprint density at radius 1 is 1.30 bits per heavy atom. The molecule has 1 rings (SSSR count). The summed E-state index contributed by atoms with van der Waals surface area (Å²) in [5, 5.41) is 0.109. The van der Waals surface area contributed by atoms with E-state index >= 15 is 0 Å². The molecule has 5 heteroatoms. The minimum absolute atomic E-state index is 0.109. The van der Waals surface area contributed by atoms with Gasteiger partial charge in [0.2, 0.25) is 8.32 Å². The number of benzene rings is 1. The zero-order chi connectivity index (χ0) is 17.7. The monoisotopic (exact) mass is 336 g/mol. The molecule has 0 N–H and O–H groups in total. The van der Waals surface area contributed by atoms with Crippen LogP contribution in [0.25, 0.3) is 0 Å². The summed E-state index contributed by atoms with van der Waals surface area (Å²) in [6.07, 6.45) is 1.56. The first kappa shape index (κ1) is 19.4. The number of hydrogen-bond acceptors (Lipinski definition) is 4. The smallest absolute Gasteiger partial charge is 0.305 e. The molecule has 0 bridgehead atoms. The van der Waals surface area contributed by atoms with Crippen molar-refractivity contribution in [2.45, 2.75) is 57.7 Å². The highest BCUT2D eigenvalue weighted by molar-refractivity contribution is 6.74. The molecule has 0 spiro atoms. The zero-order valence-corrected chi connectivity index (χ0v) is 16.0. The molecule has 0 aliphatic rings. The van der Waals surface area contributed by atoms with E-state index in [-0.39, 0.29) is 23.3 Å². The van der Waals surface area contributed by atoms with Crippen LogP contribution in [0.15, 0.2) is 24.3 Å². The van der Waals surface area contributed by atoms with E-state index < -0.39 is 8.32 Å². The second-order valence-electron chi connectivity index (χ2n) is 7.29. The summed E-state index contributed by atoms with van der Waals surface area (Å²) in [5.74, 6) is 0.168. The number of esters is 1. The number of rotatable bonds is 7. The lowest BCUT2D eigenvalue weighted by atomic mass is 9.95. The maximum Gasteiger partial charge on any atom is 0.305 e. The van der Waals surface area contributed by atoms with Crippen LogP contribution in [0.2, 0.25) is 18.1 Å². The first-order valence-corrected chi connectivity index (χ1v) is 10.8. The van der Waals surface area contributed by atoms with E-state index in [1.807, 2.05) is 24.3 Å². The van der Waals surface area contributed by atoms with Gasteiger partial charge in [-0.25, -0.2) is 0 Å². The van der Waals surface area contributed by atoms with Crippen molar-refractivity contribution in [2.24, 2.45) is 0 Å². The van der Waals surface area contributed by atoms with Crippen LogP contribution in [-0.2, 0) is 14.3 Å². The van der Waals surface area contributed by atoms with Gasteiger partial charge in [0.25, 0.3) is 0 Å². The largest absolute Gasteiger partial charge is 0.543 e. The molecule has 1 aromatic carbocycles. The molecule has 4 nitrogen and oxygen atoms in total.